The summed E-state index contributed by atoms with van der Waals surface area (Å²) in [6.45, 7) is 2.03. The van der Waals surface area contributed by atoms with E-state index in [1.807, 2.05) is 55.6 Å². The molecule has 3 aromatic heterocycles. The number of hydrogen-bond acceptors (Lipinski definition) is 4. The van der Waals surface area contributed by atoms with Crippen LogP contribution in [0.2, 0.25) is 0 Å². The van der Waals surface area contributed by atoms with E-state index < -0.39 is 0 Å². The predicted octanol–water partition coefficient (Wildman–Crippen LogP) is 13.3. The summed E-state index contributed by atoms with van der Waals surface area (Å²) in [7, 11) is 0. The van der Waals surface area contributed by atoms with Crippen molar-refractivity contribution in [1.82, 2.24) is 15.0 Å². The van der Waals surface area contributed by atoms with Gasteiger partial charge in [-0.25, -0.2) is 9.97 Å². The molecule has 0 aliphatic carbocycles. The van der Waals surface area contributed by atoms with Crippen molar-refractivity contribution in [2.75, 3.05) is 0 Å². The number of pyridine rings is 3. The van der Waals surface area contributed by atoms with Crippen LogP contribution in [0.4, 0.5) is 0 Å². The number of aromatic nitrogens is 3. The Kier molecular flexibility index (Phi) is 10.1. The summed E-state index contributed by atoms with van der Waals surface area (Å²) in [5, 5.41) is 0. The molecular weight excluding hydrogens is 693 g/mol. The maximum Gasteiger partial charge on any atom is 0.0966 e. The molecule has 5 aromatic carbocycles. The lowest BCUT2D eigenvalue weighted by atomic mass is 9.88. The number of nitrogens with zero attached hydrogens (tertiary/aromatic N) is 4. The molecule has 0 amide bonds. The van der Waals surface area contributed by atoms with Gasteiger partial charge < -0.3 is 0 Å². The molecule has 0 bridgehead atoms. The minimum atomic E-state index is -0.0288. The topological polar surface area (TPSA) is 51.0 Å². The van der Waals surface area contributed by atoms with E-state index in [0.29, 0.717) is 0 Å². The maximum absolute atomic E-state index is 5.35. The summed E-state index contributed by atoms with van der Waals surface area (Å²) in [5.74, 6) is 0. The van der Waals surface area contributed by atoms with Gasteiger partial charge >= 0.3 is 0 Å². The van der Waals surface area contributed by atoms with Crippen LogP contribution in [-0.4, -0.2) is 20.7 Å². The fourth-order valence-corrected chi connectivity index (χ4v) is 7.49. The first-order valence-electron chi connectivity index (χ1n) is 19.4. The second kappa shape index (κ2) is 16.2. The molecule has 0 saturated carbocycles. The quantitative estimate of drug-likeness (QED) is 0.148. The molecule has 8 aromatic rings. The van der Waals surface area contributed by atoms with E-state index >= 15 is 0 Å². The Balaban J connectivity index is 1.13. The van der Waals surface area contributed by atoms with Crippen molar-refractivity contribution in [2.45, 2.75) is 19.4 Å². The van der Waals surface area contributed by atoms with Gasteiger partial charge in [0.05, 0.1) is 40.2 Å². The van der Waals surface area contributed by atoms with Crippen LogP contribution in [0.15, 0.2) is 205 Å². The molecule has 1 unspecified atom stereocenters. The highest BCUT2D eigenvalue weighted by Crippen LogP contribution is 2.38. The van der Waals surface area contributed by atoms with Crippen LogP contribution in [0.25, 0.3) is 67.9 Å². The van der Waals surface area contributed by atoms with Crippen molar-refractivity contribution in [3.8, 4) is 56.3 Å². The van der Waals surface area contributed by atoms with Gasteiger partial charge in [-0.2, -0.15) is 0 Å². The summed E-state index contributed by atoms with van der Waals surface area (Å²) in [5.41, 5.74) is 16.4. The summed E-state index contributed by atoms with van der Waals surface area (Å²) in [6.07, 6.45) is 9.02. The highest BCUT2D eigenvalue weighted by Gasteiger charge is 2.22. The highest BCUT2D eigenvalue weighted by atomic mass is 14.8. The standard InChI is InChI=1S/C53H40N4/c1-2-15-42-29-30-48(39-18-8-4-9-19-39)57-53(42)52-36-46(47-24-12-13-31-54-47)35-51(56-52)44-23-14-22-43(32-44)45-33-49(40-20-10-5-11-21-40)55-50(34-45)41-27-25-38(26-28-41)37-16-6-3-7-17-37/h2-33,35-36,50H,34H2,1H3/b15-2-. The van der Waals surface area contributed by atoms with E-state index in [1.54, 1.807) is 0 Å². The fourth-order valence-electron chi connectivity index (χ4n) is 7.49. The van der Waals surface area contributed by atoms with Crippen LogP contribution in [0, 0.1) is 0 Å². The lowest BCUT2D eigenvalue weighted by molar-refractivity contribution is 0.748. The molecule has 0 saturated heterocycles. The molecule has 1 aliphatic heterocycles. The summed E-state index contributed by atoms with van der Waals surface area (Å²) >= 11 is 0. The normalized spacial score (nSPS) is 13.9. The van der Waals surface area contributed by atoms with E-state index in [4.69, 9.17) is 19.9 Å². The van der Waals surface area contributed by atoms with E-state index in [0.717, 1.165) is 74.0 Å². The molecule has 9 rings (SSSR count). The van der Waals surface area contributed by atoms with Crippen molar-refractivity contribution in [3.63, 3.8) is 0 Å². The summed E-state index contributed by atoms with van der Waals surface area (Å²) in [4.78, 5) is 20.7. The summed E-state index contributed by atoms with van der Waals surface area (Å²) in [6, 6.07) is 63.4. The van der Waals surface area contributed by atoms with Gasteiger partial charge in [-0.05, 0) is 89.2 Å². The highest BCUT2D eigenvalue weighted by molar-refractivity contribution is 6.13. The van der Waals surface area contributed by atoms with Crippen molar-refractivity contribution in [3.05, 3.63) is 223 Å². The average Bonchev–Trinajstić information content (AvgIpc) is 3.30. The Morgan fingerprint density at radius 1 is 0.474 bits per heavy atom. The van der Waals surface area contributed by atoms with Crippen LogP contribution < -0.4 is 0 Å². The smallest absolute Gasteiger partial charge is 0.0966 e. The van der Waals surface area contributed by atoms with Gasteiger partial charge in [0.2, 0.25) is 0 Å². The monoisotopic (exact) mass is 732 g/mol. The molecule has 4 heterocycles. The minimum Gasteiger partial charge on any atom is -0.276 e. The molecule has 0 radical (unpaired) electrons. The van der Waals surface area contributed by atoms with E-state index in [9.17, 15) is 0 Å². The van der Waals surface area contributed by atoms with Crippen LogP contribution >= 0.6 is 0 Å². The second-order valence-electron chi connectivity index (χ2n) is 14.2. The molecule has 1 aliphatic rings. The molecule has 272 valence electrons. The largest absolute Gasteiger partial charge is 0.276 e. The zero-order valence-electron chi connectivity index (χ0n) is 31.7. The van der Waals surface area contributed by atoms with Gasteiger partial charge in [-0.1, -0.05) is 158 Å². The molecule has 4 heteroatoms. The molecule has 4 nitrogen and oxygen atoms in total. The van der Waals surface area contributed by atoms with Crippen molar-refractivity contribution in [1.29, 1.82) is 0 Å². The Hall–Kier alpha value is -7.30. The molecule has 1 atom stereocenters. The van der Waals surface area contributed by atoms with E-state index in [2.05, 4.69) is 158 Å². The Labute approximate surface area is 334 Å². The third kappa shape index (κ3) is 7.80. The van der Waals surface area contributed by atoms with Crippen LogP contribution in [0.5, 0.6) is 0 Å². The van der Waals surface area contributed by atoms with Crippen molar-refractivity contribution in [2.24, 2.45) is 4.99 Å². The number of aliphatic imine (C=N–C) groups is 1. The molecule has 0 N–H and O–H groups in total. The van der Waals surface area contributed by atoms with Gasteiger partial charge in [0.15, 0.2) is 0 Å². The number of benzene rings is 5. The number of hydrogen-bond donors (Lipinski definition) is 0. The fraction of sp³-hybridized carbons (Fsp3) is 0.0566. The Bertz CT molecular complexity index is 2740. The maximum atomic E-state index is 5.35. The first-order valence-corrected chi connectivity index (χ1v) is 19.4. The van der Waals surface area contributed by atoms with E-state index in [1.165, 1.54) is 22.3 Å². The van der Waals surface area contributed by atoms with Crippen molar-refractivity contribution < 1.29 is 0 Å². The van der Waals surface area contributed by atoms with E-state index in [-0.39, 0.29) is 6.04 Å². The SMILES string of the molecule is C/C=C\c1ccc(-c2ccccc2)nc1-c1cc(-c2ccccn2)cc(-c2cccc(C3=CC(c4ccccc4)=NC(c4ccc(-c5ccccc5)cc4)C3)c2)n1. The van der Waals surface area contributed by atoms with Crippen LogP contribution in [0.3, 0.4) is 0 Å². The van der Waals surface area contributed by atoms with Crippen LogP contribution in [-0.2, 0) is 0 Å². The minimum absolute atomic E-state index is 0.0288. The van der Waals surface area contributed by atoms with Gasteiger partial charge in [-0.3, -0.25) is 9.98 Å². The Morgan fingerprint density at radius 2 is 1.12 bits per heavy atom. The zero-order chi connectivity index (χ0) is 38.4. The number of rotatable bonds is 9. The lowest BCUT2D eigenvalue weighted by Crippen LogP contribution is -2.10. The molecular formula is C53H40N4. The molecule has 57 heavy (non-hydrogen) atoms. The predicted molar refractivity (Wildman–Crippen MR) is 236 cm³/mol. The second-order valence-corrected chi connectivity index (χ2v) is 14.2. The van der Waals surface area contributed by atoms with Crippen molar-refractivity contribution >= 4 is 17.4 Å². The van der Waals surface area contributed by atoms with Gasteiger partial charge in [0.25, 0.3) is 0 Å². The number of allylic oxidation sites excluding steroid dienone is 2. The average molecular weight is 733 g/mol. The zero-order valence-corrected chi connectivity index (χ0v) is 31.7. The molecule has 0 fully saturated rings. The summed E-state index contributed by atoms with van der Waals surface area (Å²) < 4.78 is 0. The molecule has 0 spiro atoms. The lowest BCUT2D eigenvalue weighted by Gasteiger charge is -2.23. The van der Waals surface area contributed by atoms with Gasteiger partial charge in [0.1, 0.15) is 0 Å². The van der Waals surface area contributed by atoms with Crippen LogP contribution in [0.1, 0.15) is 41.6 Å². The Morgan fingerprint density at radius 3 is 1.84 bits per heavy atom. The first kappa shape index (κ1) is 35.4. The first-order chi connectivity index (χ1) is 28.2. The third-order valence-corrected chi connectivity index (χ3v) is 10.4. The third-order valence-electron chi connectivity index (χ3n) is 10.4. The van der Waals surface area contributed by atoms with Gasteiger partial charge in [0, 0.05) is 28.5 Å². The van der Waals surface area contributed by atoms with Gasteiger partial charge in [-0.15, -0.1) is 0 Å². The number of dihydropyridines is 1.